The molecule has 0 aliphatic heterocycles. The number of hydrogen-bond donors (Lipinski definition) is 1. The van der Waals surface area contributed by atoms with E-state index < -0.39 is 0 Å². The highest BCUT2D eigenvalue weighted by Crippen LogP contribution is 2.31. The number of anilines is 1. The summed E-state index contributed by atoms with van der Waals surface area (Å²) in [6, 6.07) is 15.0. The van der Waals surface area contributed by atoms with E-state index in [-0.39, 0.29) is 6.61 Å². The Labute approximate surface area is 197 Å². The maximum absolute atomic E-state index is 8.20. The van der Waals surface area contributed by atoms with Crippen LogP contribution in [0.4, 0.5) is 5.69 Å². The van der Waals surface area contributed by atoms with E-state index in [1.165, 1.54) is 21.5 Å². The third-order valence-electron chi connectivity index (χ3n) is 4.90. The Kier molecular flexibility index (Phi) is 11.1. The molecule has 0 saturated heterocycles. The summed E-state index contributed by atoms with van der Waals surface area (Å²) < 4.78 is 6.93. The lowest BCUT2D eigenvalue weighted by Crippen LogP contribution is -2.24. The highest BCUT2D eigenvalue weighted by Gasteiger charge is 2.08. The Balaban J connectivity index is 0.000000534. The maximum Gasteiger partial charge on any atom is 0.124 e. The molecule has 0 spiro atoms. The quantitative estimate of drug-likeness (QED) is 0.466. The summed E-state index contributed by atoms with van der Waals surface area (Å²) in [4.78, 5) is 11.0. The monoisotopic (exact) mass is 458 g/mol. The number of thiazole rings is 1. The van der Waals surface area contributed by atoms with Gasteiger partial charge in [0, 0.05) is 37.9 Å². The number of aliphatic hydroxyl groups is 1. The van der Waals surface area contributed by atoms with Crippen molar-refractivity contribution in [2.45, 2.75) is 6.92 Å². The average molecular weight is 459 g/mol. The van der Waals surface area contributed by atoms with E-state index in [1.807, 2.05) is 19.0 Å². The first-order chi connectivity index (χ1) is 15.3. The van der Waals surface area contributed by atoms with Crippen LogP contribution in [0.15, 0.2) is 42.5 Å². The molecule has 0 aliphatic carbocycles. The third-order valence-corrected chi connectivity index (χ3v) is 5.97. The second-order valence-electron chi connectivity index (χ2n) is 8.40. The van der Waals surface area contributed by atoms with Gasteiger partial charge in [0.25, 0.3) is 0 Å². The van der Waals surface area contributed by atoms with Crippen molar-refractivity contribution >= 4 is 27.2 Å². The van der Waals surface area contributed by atoms with Crippen molar-refractivity contribution in [3.63, 3.8) is 0 Å². The van der Waals surface area contributed by atoms with Crippen LogP contribution >= 0.6 is 11.3 Å². The Morgan fingerprint density at radius 3 is 2.12 bits per heavy atom. The van der Waals surface area contributed by atoms with Gasteiger partial charge in [0.05, 0.1) is 30.0 Å². The second-order valence-corrected chi connectivity index (χ2v) is 9.43. The minimum absolute atomic E-state index is 0.257. The first-order valence-electron chi connectivity index (χ1n) is 11.0. The summed E-state index contributed by atoms with van der Waals surface area (Å²) in [5.41, 5.74) is 4.72. The average Bonchev–Trinajstić information content (AvgIpc) is 3.17. The van der Waals surface area contributed by atoms with Crippen LogP contribution in [0.1, 0.15) is 5.56 Å². The van der Waals surface area contributed by atoms with Gasteiger partial charge in [-0.3, -0.25) is 0 Å². The number of ether oxygens (including phenoxy) is 1. The van der Waals surface area contributed by atoms with Gasteiger partial charge in [-0.2, -0.15) is 0 Å². The van der Waals surface area contributed by atoms with Gasteiger partial charge in [0.15, 0.2) is 0 Å². The molecular weight excluding hydrogens is 420 g/mol. The van der Waals surface area contributed by atoms with Crippen molar-refractivity contribution in [1.29, 1.82) is 0 Å². The molecule has 0 bridgehead atoms. The molecular formula is C25H38N4O2S. The predicted octanol–water partition coefficient (Wildman–Crippen LogP) is 3.83. The van der Waals surface area contributed by atoms with Gasteiger partial charge < -0.3 is 24.5 Å². The van der Waals surface area contributed by atoms with Crippen LogP contribution in [-0.4, -0.2) is 94.6 Å². The normalized spacial score (nSPS) is 11.2. The van der Waals surface area contributed by atoms with Gasteiger partial charge in [0.1, 0.15) is 5.01 Å². The number of rotatable bonds is 10. The smallest absolute Gasteiger partial charge is 0.124 e. The number of aliphatic hydroxyl groups excluding tert-OH is 1. The maximum atomic E-state index is 8.20. The summed E-state index contributed by atoms with van der Waals surface area (Å²) in [5.74, 6) is 0. The third kappa shape index (κ3) is 8.84. The fourth-order valence-corrected chi connectivity index (χ4v) is 3.96. The molecule has 1 aromatic heterocycles. The molecule has 0 unspecified atom stereocenters. The van der Waals surface area contributed by atoms with Gasteiger partial charge in [-0.05, 0) is 77.1 Å². The van der Waals surface area contributed by atoms with Crippen LogP contribution in [-0.2, 0) is 4.74 Å². The van der Waals surface area contributed by atoms with E-state index >= 15 is 0 Å². The van der Waals surface area contributed by atoms with E-state index in [0.29, 0.717) is 0 Å². The van der Waals surface area contributed by atoms with Crippen LogP contribution in [0, 0.1) is 6.92 Å². The summed E-state index contributed by atoms with van der Waals surface area (Å²) in [7, 11) is 10.1. The number of nitrogens with zero attached hydrogens (tertiary/aromatic N) is 4. The molecule has 0 atom stereocenters. The SMILES string of the molecule is CN(C)CCO.Cc1ccc2nc(-c3ccc(N(C)CCOCCN(C)C)cc3)sc2c1. The van der Waals surface area contributed by atoms with E-state index in [2.05, 4.69) is 80.3 Å². The largest absolute Gasteiger partial charge is 0.395 e. The molecule has 0 saturated carbocycles. The molecule has 1 heterocycles. The minimum atomic E-state index is 0.257. The van der Waals surface area contributed by atoms with Crippen LogP contribution < -0.4 is 4.90 Å². The molecule has 0 amide bonds. The van der Waals surface area contributed by atoms with Gasteiger partial charge >= 0.3 is 0 Å². The van der Waals surface area contributed by atoms with Crippen molar-refractivity contribution in [3.05, 3.63) is 48.0 Å². The molecule has 0 radical (unpaired) electrons. The summed E-state index contributed by atoms with van der Waals surface area (Å²) in [6.45, 7) is 6.49. The van der Waals surface area contributed by atoms with Crippen molar-refractivity contribution in [3.8, 4) is 10.6 Å². The zero-order chi connectivity index (χ0) is 23.5. The lowest BCUT2D eigenvalue weighted by molar-refractivity contribution is 0.123. The second kappa shape index (κ2) is 13.5. The van der Waals surface area contributed by atoms with Crippen molar-refractivity contribution in [1.82, 2.24) is 14.8 Å². The first kappa shape index (κ1) is 26.2. The number of hydrogen-bond acceptors (Lipinski definition) is 7. The number of fused-ring (bicyclic) bond motifs is 1. The van der Waals surface area contributed by atoms with E-state index in [1.54, 1.807) is 11.3 Å². The zero-order valence-electron chi connectivity index (χ0n) is 20.3. The molecule has 7 heteroatoms. The number of benzene rings is 2. The molecule has 176 valence electrons. The molecule has 1 N–H and O–H groups in total. The lowest BCUT2D eigenvalue weighted by atomic mass is 10.2. The van der Waals surface area contributed by atoms with Crippen molar-refractivity contribution < 1.29 is 9.84 Å². The highest BCUT2D eigenvalue weighted by molar-refractivity contribution is 7.21. The molecule has 3 aromatic rings. The molecule has 0 aliphatic rings. The van der Waals surface area contributed by atoms with E-state index in [9.17, 15) is 0 Å². The van der Waals surface area contributed by atoms with Crippen LogP contribution in [0.2, 0.25) is 0 Å². The summed E-state index contributed by atoms with van der Waals surface area (Å²) in [6.07, 6.45) is 0. The van der Waals surface area contributed by atoms with Gasteiger partial charge in [-0.25, -0.2) is 4.98 Å². The molecule has 6 nitrogen and oxygen atoms in total. The Morgan fingerprint density at radius 1 is 0.875 bits per heavy atom. The number of likely N-dealkylation sites (N-methyl/N-ethyl adjacent to an activating group) is 3. The predicted molar refractivity (Wildman–Crippen MR) is 138 cm³/mol. The molecule has 2 aromatic carbocycles. The van der Waals surface area contributed by atoms with Crippen LogP contribution in [0.5, 0.6) is 0 Å². The Bertz CT molecular complexity index is 925. The van der Waals surface area contributed by atoms with Gasteiger partial charge in [-0.15, -0.1) is 11.3 Å². The van der Waals surface area contributed by atoms with E-state index in [0.717, 1.165) is 43.4 Å². The first-order valence-corrected chi connectivity index (χ1v) is 11.8. The Hall–Kier alpha value is -2.03. The van der Waals surface area contributed by atoms with Crippen molar-refractivity contribution in [2.24, 2.45) is 0 Å². The molecule has 32 heavy (non-hydrogen) atoms. The van der Waals surface area contributed by atoms with Gasteiger partial charge in [0.2, 0.25) is 0 Å². The zero-order valence-corrected chi connectivity index (χ0v) is 21.2. The van der Waals surface area contributed by atoms with Crippen molar-refractivity contribution in [2.75, 3.05) is 79.6 Å². The van der Waals surface area contributed by atoms with Gasteiger partial charge in [-0.1, -0.05) is 6.07 Å². The minimum Gasteiger partial charge on any atom is -0.395 e. The number of aromatic nitrogens is 1. The fraction of sp³-hybridized carbons (Fsp3) is 0.480. The fourth-order valence-electron chi connectivity index (χ4n) is 2.89. The van der Waals surface area contributed by atoms with E-state index in [4.69, 9.17) is 14.8 Å². The van der Waals surface area contributed by atoms with Crippen LogP contribution in [0.25, 0.3) is 20.8 Å². The molecule has 3 rings (SSSR count). The standard InChI is InChI=1S/C21H27N3OS.C4H11NO/c1-16-5-10-19-20(15-16)26-21(22-19)17-6-8-18(9-7-17)24(4)12-14-25-13-11-23(2)3;1-5(2)3-4-6/h5-10,15H,11-14H2,1-4H3;6H,3-4H2,1-2H3. The summed E-state index contributed by atoms with van der Waals surface area (Å²) in [5, 5.41) is 9.27. The molecule has 0 fully saturated rings. The Morgan fingerprint density at radius 2 is 1.53 bits per heavy atom. The van der Waals surface area contributed by atoms with Crippen LogP contribution in [0.3, 0.4) is 0 Å². The topological polar surface area (TPSA) is 52.1 Å². The summed E-state index contributed by atoms with van der Waals surface area (Å²) >= 11 is 1.75. The number of aryl methyl sites for hydroxylation is 1. The lowest BCUT2D eigenvalue weighted by Gasteiger charge is -2.19. The highest BCUT2D eigenvalue weighted by atomic mass is 32.1.